The average Bonchev–Trinajstić information content (AvgIpc) is 3.10. The maximum Gasteiger partial charge on any atom is 0.244 e. The van der Waals surface area contributed by atoms with E-state index in [0.29, 0.717) is 6.54 Å². The van der Waals surface area contributed by atoms with Gasteiger partial charge in [-0.05, 0) is 69.7 Å². The lowest BCUT2D eigenvalue weighted by Gasteiger charge is -2.37. The number of aromatic nitrogens is 2. The molecule has 1 aliphatic heterocycles. The van der Waals surface area contributed by atoms with Crippen molar-refractivity contribution in [2.45, 2.75) is 25.3 Å². The summed E-state index contributed by atoms with van der Waals surface area (Å²) in [4.78, 5) is 18.4. The Morgan fingerprint density at radius 1 is 1.00 bits per heavy atom. The highest BCUT2D eigenvalue weighted by Crippen LogP contribution is 2.33. The fourth-order valence-corrected chi connectivity index (χ4v) is 4.84. The van der Waals surface area contributed by atoms with Gasteiger partial charge >= 0.3 is 0 Å². The van der Waals surface area contributed by atoms with E-state index in [0.717, 1.165) is 37.6 Å². The smallest absolute Gasteiger partial charge is 0.244 e. The van der Waals surface area contributed by atoms with Crippen molar-refractivity contribution >= 4 is 23.5 Å². The maximum absolute atomic E-state index is 12.8. The molecule has 32 heavy (non-hydrogen) atoms. The van der Waals surface area contributed by atoms with Crippen LogP contribution in [-0.2, 0) is 11.3 Å². The fourth-order valence-electron chi connectivity index (χ4n) is 4.16. The molecule has 7 heteroatoms. The number of hydrogen-bond donors (Lipinski definition) is 0. The number of para-hydroxylation sites is 1. The predicted molar refractivity (Wildman–Crippen MR) is 132 cm³/mol. The minimum absolute atomic E-state index is 0.137. The van der Waals surface area contributed by atoms with E-state index in [2.05, 4.69) is 76.9 Å². The first-order valence-corrected chi connectivity index (χ1v) is 11.8. The Morgan fingerprint density at radius 2 is 1.69 bits per heavy atom. The first-order valence-electron chi connectivity index (χ1n) is 11.0. The van der Waals surface area contributed by atoms with Gasteiger partial charge in [0, 0.05) is 48.0 Å². The van der Waals surface area contributed by atoms with Crippen LogP contribution < -0.4 is 4.90 Å². The summed E-state index contributed by atoms with van der Waals surface area (Å²) in [6.45, 7) is 7.37. The summed E-state index contributed by atoms with van der Waals surface area (Å²) in [7, 11) is 4.10. The molecule has 2 heterocycles. The van der Waals surface area contributed by atoms with Crippen LogP contribution in [0.3, 0.4) is 0 Å². The predicted octanol–water partition coefficient (Wildman–Crippen LogP) is 4.08. The Bertz CT molecular complexity index is 1070. The number of hydrogen-bond acceptors (Lipinski definition) is 5. The number of benzene rings is 2. The molecular weight excluding hydrogens is 418 g/mol. The second kappa shape index (κ2) is 9.79. The summed E-state index contributed by atoms with van der Waals surface area (Å²) in [5, 5.41) is 4.43. The van der Waals surface area contributed by atoms with Crippen molar-refractivity contribution in [2.75, 3.05) is 45.2 Å². The van der Waals surface area contributed by atoms with E-state index in [1.807, 2.05) is 24.8 Å². The number of rotatable bonds is 6. The van der Waals surface area contributed by atoms with Crippen molar-refractivity contribution in [1.29, 1.82) is 0 Å². The molecule has 0 saturated carbocycles. The van der Waals surface area contributed by atoms with Crippen molar-refractivity contribution in [3.63, 3.8) is 0 Å². The van der Waals surface area contributed by atoms with E-state index < -0.39 is 0 Å². The molecule has 1 aromatic heterocycles. The molecule has 0 N–H and O–H groups in total. The lowest BCUT2D eigenvalue weighted by molar-refractivity contribution is -0.132. The molecule has 2 aromatic carbocycles. The van der Waals surface area contributed by atoms with Crippen LogP contribution in [0.15, 0.2) is 59.5 Å². The van der Waals surface area contributed by atoms with Gasteiger partial charge in [-0.3, -0.25) is 13.8 Å². The van der Waals surface area contributed by atoms with Crippen molar-refractivity contribution in [3.05, 3.63) is 66.0 Å². The lowest BCUT2D eigenvalue weighted by atomic mass is 10.0. The van der Waals surface area contributed by atoms with Gasteiger partial charge < -0.3 is 9.80 Å². The van der Waals surface area contributed by atoms with Crippen molar-refractivity contribution in [3.8, 4) is 11.1 Å². The first-order chi connectivity index (χ1) is 15.4. The molecule has 1 amide bonds. The molecule has 6 nitrogen and oxygen atoms in total. The lowest BCUT2D eigenvalue weighted by Crippen LogP contribution is -2.49. The quantitative estimate of drug-likeness (QED) is 0.531. The fraction of sp³-hybridized carbons (Fsp3) is 0.360. The highest BCUT2D eigenvalue weighted by Gasteiger charge is 2.23. The molecule has 0 aliphatic carbocycles. The highest BCUT2D eigenvalue weighted by atomic mass is 32.2. The molecule has 0 unspecified atom stereocenters. The second-order valence-corrected chi connectivity index (χ2v) is 9.78. The van der Waals surface area contributed by atoms with Gasteiger partial charge in [-0.15, -0.1) is 0 Å². The molecule has 1 saturated heterocycles. The molecule has 1 aliphatic rings. The number of anilines is 1. The van der Waals surface area contributed by atoms with Crippen molar-refractivity contribution < 1.29 is 4.79 Å². The molecule has 0 bridgehead atoms. The number of carbonyl (C=O) groups excluding carboxylic acids is 1. The van der Waals surface area contributed by atoms with Crippen LogP contribution in [0.4, 0.5) is 5.69 Å². The Kier molecular flexibility index (Phi) is 6.86. The third kappa shape index (κ3) is 5.16. The topological polar surface area (TPSA) is 44.6 Å². The molecule has 0 spiro atoms. The number of amides is 1. The van der Waals surface area contributed by atoms with Gasteiger partial charge in [0.2, 0.25) is 5.91 Å². The summed E-state index contributed by atoms with van der Waals surface area (Å²) in [5.41, 5.74) is 5.65. The monoisotopic (exact) mass is 449 g/mol. The normalized spacial score (nSPS) is 14.3. The van der Waals surface area contributed by atoms with E-state index in [4.69, 9.17) is 0 Å². The molecule has 0 atom stereocenters. The van der Waals surface area contributed by atoms with Crippen molar-refractivity contribution in [1.82, 2.24) is 19.0 Å². The zero-order valence-electron chi connectivity index (χ0n) is 19.3. The molecule has 0 radical (unpaired) electrons. The third-order valence-electron chi connectivity index (χ3n) is 5.72. The standard InChI is InChI=1S/C25H31N5OS/c1-19-17-20(2)30(26-19)18-25(31)29-15-13-28(14-16-29)24-8-6-5-7-23(24)21-9-11-22(12-10-21)32-27(3)4/h5-12,17H,13-16,18H2,1-4H3. The van der Waals surface area contributed by atoms with Crippen molar-refractivity contribution in [2.24, 2.45) is 0 Å². The van der Waals surface area contributed by atoms with Crippen LogP contribution in [0.1, 0.15) is 11.4 Å². The maximum atomic E-state index is 12.8. The number of aryl methyl sites for hydroxylation is 2. The Hall–Kier alpha value is -2.77. The molecule has 1 fully saturated rings. The van der Waals surface area contributed by atoms with Gasteiger partial charge in [0.1, 0.15) is 6.54 Å². The Labute approximate surface area is 194 Å². The summed E-state index contributed by atoms with van der Waals surface area (Å²) >= 11 is 1.72. The van der Waals surface area contributed by atoms with E-state index >= 15 is 0 Å². The van der Waals surface area contributed by atoms with Gasteiger partial charge in [0.05, 0.1) is 5.69 Å². The molecular formula is C25H31N5OS. The summed E-state index contributed by atoms with van der Waals surface area (Å²) < 4.78 is 3.90. The van der Waals surface area contributed by atoms with Gasteiger partial charge in [0.25, 0.3) is 0 Å². The molecule has 168 valence electrons. The van der Waals surface area contributed by atoms with Crippen LogP contribution >= 0.6 is 11.9 Å². The van der Waals surface area contributed by atoms with E-state index in [-0.39, 0.29) is 5.91 Å². The van der Waals surface area contributed by atoms with E-state index in [1.165, 1.54) is 21.7 Å². The second-order valence-electron chi connectivity index (χ2n) is 8.40. The van der Waals surface area contributed by atoms with Crippen LogP contribution in [0, 0.1) is 13.8 Å². The largest absolute Gasteiger partial charge is 0.367 e. The van der Waals surface area contributed by atoms with Gasteiger partial charge in [-0.25, -0.2) is 0 Å². The number of carbonyl (C=O) groups is 1. The zero-order valence-corrected chi connectivity index (χ0v) is 20.1. The van der Waals surface area contributed by atoms with E-state index in [1.54, 1.807) is 16.6 Å². The SMILES string of the molecule is Cc1cc(C)n(CC(=O)N2CCN(c3ccccc3-c3ccc(SN(C)C)cc3)CC2)n1. The third-order valence-corrected chi connectivity index (χ3v) is 6.57. The van der Waals surface area contributed by atoms with Crippen LogP contribution in [-0.4, -0.2) is 65.2 Å². The highest BCUT2D eigenvalue weighted by molar-refractivity contribution is 7.97. The van der Waals surface area contributed by atoms with Crippen LogP contribution in [0.2, 0.25) is 0 Å². The molecule has 4 rings (SSSR count). The van der Waals surface area contributed by atoms with Gasteiger partial charge in [-0.2, -0.15) is 5.10 Å². The number of piperazine rings is 1. The van der Waals surface area contributed by atoms with Gasteiger partial charge in [0.15, 0.2) is 0 Å². The summed E-state index contributed by atoms with van der Waals surface area (Å²) in [6, 6.07) is 19.3. The average molecular weight is 450 g/mol. The minimum Gasteiger partial charge on any atom is -0.367 e. The minimum atomic E-state index is 0.137. The Balaban J connectivity index is 1.43. The molecule has 3 aromatic rings. The van der Waals surface area contributed by atoms with E-state index in [9.17, 15) is 4.79 Å². The first kappa shape index (κ1) is 22.4. The Morgan fingerprint density at radius 3 is 2.31 bits per heavy atom. The zero-order chi connectivity index (χ0) is 22.7. The summed E-state index contributed by atoms with van der Waals surface area (Å²) in [5.74, 6) is 0.137. The van der Waals surface area contributed by atoms with Crippen LogP contribution in [0.5, 0.6) is 0 Å². The van der Waals surface area contributed by atoms with Gasteiger partial charge in [-0.1, -0.05) is 30.3 Å². The number of nitrogens with zero attached hydrogens (tertiary/aromatic N) is 5. The van der Waals surface area contributed by atoms with Crippen LogP contribution in [0.25, 0.3) is 11.1 Å². The summed E-state index contributed by atoms with van der Waals surface area (Å²) in [6.07, 6.45) is 0.